The van der Waals surface area contributed by atoms with Crippen molar-refractivity contribution in [3.63, 3.8) is 0 Å². The molecular formula is C19H36N4O. The van der Waals surface area contributed by atoms with Crippen molar-refractivity contribution in [1.82, 2.24) is 14.9 Å². The number of aromatic nitrogens is 2. The first-order valence-electron chi connectivity index (χ1n) is 9.06. The number of carbonyl (C=O) groups is 1. The quantitative estimate of drug-likeness (QED) is 0.897. The Morgan fingerprint density at radius 3 is 2.08 bits per heavy atom. The van der Waals surface area contributed by atoms with Crippen molar-refractivity contribution >= 4 is 11.7 Å². The van der Waals surface area contributed by atoms with Crippen LogP contribution in [0.3, 0.4) is 0 Å². The number of likely N-dealkylation sites (tertiary alicyclic amines) is 1. The van der Waals surface area contributed by atoms with Crippen molar-refractivity contribution in [2.24, 2.45) is 5.92 Å². The second-order valence-electron chi connectivity index (χ2n) is 6.90. The molecule has 24 heavy (non-hydrogen) atoms. The molecule has 0 spiro atoms. The van der Waals surface area contributed by atoms with E-state index in [2.05, 4.69) is 49.9 Å². The monoisotopic (exact) mass is 336 g/mol. The summed E-state index contributed by atoms with van der Waals surface area (Å²) in [5.74, 6) is 3.01. The lowest BCUT2D eigenvalue weighted by atomic mass is 10.1. The highest BCUT2D eigenvalue weighted by molar-refractivity contribution is 5.74. The minimum Gasteiger partial charge on any atom is -0.364 e. The van der Waals surface area contributed by atoms with E-state index in [0.717, 1.165) is 36.3 Å². The molecule has 0 radical (unpaired) electrons. The summed E-state index contributed by atoms with van der Waals surface area (Å²) in [6.07, 6.45) is 0. The third-order valence-corrected chi connectivity index (χ3v) is 3.07. The second-order valence-corrected chi connectivity index (χ2v) is 6.90. The first-order valence-corrected chi connectivity index (χ1v) is 9.06. The van der Waals surface area contributed by atoms with Crippen molar-refractivity contribution < 1.29 is 4.79 Å². The summed E-state index contributed by atoms with van der Waals surface area (Å²) in [6, 6.07) is 2.26. The number of aryl methyl sites for hydroxylation is 1. The number of hydrogen-bond acceptors (Lipinski definition) is 4. The smallest absolute Gasteiger partial charge is 0.219 e. The predicted molar refractivity (Wildman–Crippen MR) is 102 cm³/mol. The van der Waals surface area contributed by atoms with Gasteiger partial charge in [0.2, 0.25) is 5.91 Å². The van der Waals surface area contributed by atoms with Gasteiger partial charge >= 0.3 is 0 Å². The first kappa shape index (κ1) is 22.4. The standard InChI is InChI=1S/C13H20N4O.C4H10.C2H6/c1-8(2)13-14-9(3)5-12(16-13)15-11-6-17(7-11)10(4)18;1-4(2)3;1-2/h5,8,11H,6-7H2,1-4H3,(H,14,15,16);4H,1-3H3;1-2H3. The van der Waals surface area contributed by atoms with E-state index in [-0.39, 0.29) is 5.91 Å². The van der Waals surface area contributed by atoms with E-state index >= 15 is 0 Å². The van der Waals surface area contributed by atoms with E-state index in [1.54, 1.807) is 6.92 Å². The summed E-state index contributed by atoms with van der Waals surface area (Å²) in [5.41, 5.74) is 0.971. The molecule has 0 aromatic carbocycles. The number of nitrogens with zero attached hydrogens (tertiary/aromatic N) is 3. The molecule has 138 valence electrons. The third-order valence-electron chi connectivity index (χ3n) is 3.07. The zero-order chi connectivity index (χ0) is 18.9. The highest BCUT2D eigenvalue weighted by Gasteiger charge is 2.28. The van der Waals surface area contributed by atoms with Crippen LogP contribution < -0.4 is 5.32 Å². The highest BCUT2D eigenvalue weighted by Crippen LogP contribution is 2.17. The maximum Gasteiger partial charge on any atom is 0.219 e. The summed E-state index contributed by atoms with van der Waals surface area (Å²) in [6.45, 7) is 19.8. The van der Waals surface area contributed by atoms with Crippen LogP contribution in [0.1, 0.15) is 72.8 Å². The van der Waals surface area contributed by atoms with Gasteiger partial charge in [0.25, 0.3) is 0 Å². The predicted octanol–water partition coefficient (Wildman–Crippen LogP) is 4.24. The lowest BCUT2D eigenvalue weighted by Crippen LogP contribution is -2.56. The van der Waals surface area contributed by atoms with Crippen LogP contribution in [0.4, 0.5) is 5.82 Å². The van der Waals surface area contributed by atoms with E-state index in [9.17, 15) is 4.79 Å². The zero-order valence-corrected chi connectivity index (χ0v) is 17.0. The molecule has 1 aromatic rings. The van der Waals surface area contributed by atoms with Crippen LogP contribution in [0, 0.1) is 12.8 Å². The Morgan fingerprint density at radius 1 is 1.17 bits per heavy atom. The molecule has 1 aromatic heterocycles. The van der Waals surface area contributed by atoms with E-state index in [4.69, 9.17) is 0 Å². The lowest BCUT2D eigenvalue weighted by Gasteiger charge is -2.39. The van der Waals surface area contributed by atoms with Gasteiger partial charge in [-0.2, -0.15) is 0 Å². The Morgan fingerprint density at radius 2 is 1.67 bits per heavy atom. The average Bonchev–Trinajstić information content (AvgIpc) is 2.43. The van der Waals surface area contributed by atoms with Gasteiger partial charge in [0.1, 0.15) is 11.6 Å². The van der Waals surface area contributed by atoms with Gasteiger partial charge in [-0.25, -0.2) is 9.97 Å². The normalized spacial score (nSPS) is 13.5. The van der Waals surface area contributed by atoms with Gasteiger partial charge in [-0.1, -0.05) is 48.5 Å². The summed E-state index contributed by atoms with van der Waals surface area (Å²) < 4.78 is 0. The Labute approximate surface area is 148 Å². The van der Waals surface area contributed by atoms with Crippen LogP contribution in [0.2, 0.25) is 0 Å². The minimum atomic E-state index is 0.134. The largest absolute Gasteiger partial charge is 0.364 e. The van der Waals surface area contributed by atoms with Crippen molar-refractivity contribution in [2.45, 2.75) is 74.3 Å². The molecule has 1 fully saturated rings. The van der Waals surface area contributed by atoms with E-state index in [0.29, 0.717) is 12.0 Å². The molecule has 2 heterocycles. The van der Waals surface area contributed by atoms with E-state index in [1.165, 1.54) is 0 Å². The van der Waals surface area contributed by atoms with Crippen LogP contribution in [-0.2, 0) is 4.79 Å². The molecule has 0 atom stereocenters. The van der Waals surface area contributed by atoms with Crippen LogP contribution in [0.5, 0.6) is 0 Å². The molecule has 5 nitrogen and oxygen atoms in total. The van der Waals surface area contributed by atoms with Gasteiger partial charge in [-0.05, 0) is 12.8 Å². The fourth-order valence-electron chi connectivity index (χ4n) is 1.96. The Hall–Kier alpha value is -1.65. The third kappa shape index (κ3) is 8.27. The Kier molecular flexibility index (Phi) is 10.2. The van der Waals surface area contributed by atoms with Crippen LogP contribution in [0.15, 0.2) is 6.07 Å². The molecule has 0 saturated carbocycles. The number of carbonyl (C=O) groups excluding carboxylic acids is 1. The molecule has 0 unspecified atom stereocenters. The number of anilines is 1. The number of amides is 1. The fraction of sp³-hybridized carbons (Fsp3) is 0.737. The van der Waals surface area contributed by atoms with E-state index in [1.807, 2.05) is 31.7 Å². The molecule has 5 heteroatoms. The van der Waals surface area contributed by atoms with Crippen LogP contribution >= 0.6 is 0 Å². The topological polar surface area (TPSA) is 58.1 Å². The van der Waals surface area contributed by atoms with Gasteiger partial charge in [0, 0.05) is 37.7 Å². The van der Waals surface area contributed by atoms with Crippen molar-refractivity contribution in [3.05, 3.63) is 17.6 Å². The molecule has 0 aliphatic carbocycles. The number of nitrogens with one attached hydrogen (secondary N) is 1. The van der Waals surface area contributed by atoms with Gasteiger partial charge in [-0.15, -0.1) is 0 Å². The van der Waals surface area contributed by atoms with Crippen molar-refractivity contribution in [1.29, 1.82) is 0 Å². The zero-order valence-electron chi connectivity index (χ0n) is 17.0. The Balaban J connectivity index is 0.000000773. The highest BCUT2D eigenvalue weighted by atomic mass is 16.2. The summed E-state index contributed by atoms with van der Waals surface area (Å²) in [5, 5.41) is 3.35. The van der Waals surface area contributed by atoms with Crippen molar-refractivity contribution in [3.8, 4) is 0 Å². The van der Waals surface area contributed by atoms with Crippen LogP contribution in [-0.4, -0.2) is 39.9 Å². The summed E-state index contributed by atoms with van der Waals surface area (Å²) >= 11 is 0. The maximum atomic E-state index is 11.1. The molecular weight excluding hydrogens is 300 g/mol. The molecule has 1 aliphatic rings. The molecule has 1 amide bonds. The lowest BCUT2D eigenvalue weighted by molar-refractivity contribution is -0.132. The summed E-state index contributed by atoms with van der Waals surface area (Å²) in [4.78, 5) is 21.8. The van der Waals surface area contributed by atoms with Gasteiger partial charge < -0.3 is 10.2 Å². The van der Waals surface area contributed by atoms with Gasteiger partial charge in [0.05, 0.1) is 6.04 Å². The van der Waals surface area contributed by atoms with E-state index < -0.39 is 0 Å². The van der Waals surface area contributed by atoms with Gasteiger partial charge in [-0.3, -0.25) is 4.79 Å². The van der Waals surface area contributed by atoms with Crippen LogP contribution in [0.25, 0.3) is 0 Å². The average molecular weight is 337 g/mol. The molecule has 1 N–H and O–H groups in total. The Bertz CT molecular complexity index is 491. The molecule has 1 aliphatic heterocycles. The molecule has 2 rings (SSSR count). The molecule has 0 bridgehead atoms. The van der Waals surface area contributed by atoms with Crippen molar-refractivity contribution in [2.75, 3.05) is 18.4 Å². The number of hydrogen-bond donors (Lipinski definition) is 1. The summed E-state index contributed by atoms with van der Waals surface area (Å²) in [7, 11) is 0. The second kappa shape index (κ2) is 11.0. The fourth-order valence-corrected chi connectivity index (χ4v) is 1.96. The number of rotatable bonds is 3. The maximum absolute atomic E-state index is 11.1. The minimum absolute atomic E-state index is 0.134. The first-order chi connectivity index (χ1) is 11.2. The SMILES string of the molecule is CC.CC(=O)N1CC(Nc2cc(C)nc(C(C)C)n2)C1.CC(C)C. The molecule has 1 saturated heterocycles. The van der Waals surface area contributed by atoms with Gasteiger partial charge in [0.15, 0.2) is 0 Å².